The average molecular weight is 163 g/mol. The Bertz CT molecular complexity index is 173. The molecule has 4 nitrogen and oxygen atoms in total. The molecule has 0 radical (unpaired) electrons. The van der Waals surface area contributed by atoms with Crippen LogP contribution in [0.4, 0.5) is 4.39 Å². The summed E-state index contributed by atoms with van der Waals surface area (Å²) in [5.41, 5.74) is -0.0946. The van der Waals surface area contributed by atoms with E-state index in [1.807, 2.05) is 0 Å². The molecule has 1 aliphatic rings. The van der Waals surface area contributed by atoms with Crippen molar-refractivity contribution in [2.45, 2.75) is 18.3 Å². The van der Waals surface area contributed by atoms with Crippen LogP contribution in [0.1, 0.15) is 0 Å². The third-order valence-corrected chi connectivity index (χ3v) is 1.68. The van der Waals surface area contributed by atoms with Crippen LogP contribution in [0.15, 0.2) is 4.99 Å². The molecule has 0 saturated heterocycles. The molecular formula is C6H10FNO3. The molecule has 3 N–H and O–H groups in total. The predicted molar refractivity (Wildman–Crippen MR) is 36.3 cm³/mol. The van der Waals surface area contributed by atoms with E-state index in [1.165, 1.54) is 0 Å². The van der Waals surface area contributed by atoms with Crippen LogP contribution in [0.5, 0.6) is 0 Å². The van der Waals surface area contributed by atoms with Crippen molar-refractivity contribution < 1.29 is 19.7 Å². The number of alkyl halides is 1. The molecule has 0 aromatic heterocycles. The van der Waals surface area contributed by atoms with Crippen LogP contribution in [0.3, 0.4) is 0 Å². The van der Waals surface area contributed by atoms with Gasteiger partial charge in [0.1, 0.15) is 25.0 Å². The summed E-state index contributed by atoms with van der Waals surface area (Å²) in [5, 5.41) is 26.9. The van der Waals surface area contributed by atoms with Gasteiger partial charge in [0, 0.05) is 0 Å². The van der Waals surface area contributed by atoms with E-state index in [0.29, 0.717) is 0 Å². The van der Waals surface area contributed by atoms with Gasteiger partial charge in [-0.25, -0.2) is 4.39 Å². The molecule has 0 spiro atoms. The lowest BCUT2D eigenvalue weighted by atomic mass is 10.0. The van der Waals surface area contributed by atoms with Crippen molar-refractivity contribution in [3.63, 3.8) is 0 Å². The molecule has 3 atom stereocenters. The van der Waals surface area contributed by atoms with E-state index >= 15 is 0 Å². The summed E-state index contributed by atoms with van der Waals surface area (Å²) in [4.78, 5) is 3.54. The Balaban J connectivity index is 2.70. The van der Waals surface area contributed by atoms with Crippen molar-refractivity contribution in [1.82, 2.24) is 0 Å². The fourth-order valence-corrected chi connectivity index (χ4v) is 0.941. The molecule has 64 valence electrons. The SMILES string of the molecule is O[C@H]1[C@H](O)C(CF)=NC[C@@H]1O. The monoisotopic (exact) mass is 163 g/mol. The maximum Gasteiger partial charge on any atom is 0.130 e. The zero-order valence-corrected chi connectivity index (χ0v) is 5.81. The summed E-state index contributed by atoms with van der Waals surface area (Å²) in [6.07, 6.45) is -3.75. The first-order valence-corrected chi connectivity index (χ1v) is 3.30. The highest BCUT2D eigenvalue weighted by Crippen LogP contribution is 2.09. The Hall–Kier alpha value is -0.520. The molecule has 0 saturated carbocycles. The second-order valence-electron chi connectivity index (χ2n) is 2.47. The summed E-state index contributed by atoms with van der Waals surface area (Å²) in [6, 6.07) is 0. The van der Waals surface area contributed by atoms with Gasteiger partial charge in [0.2, 0.25) is 0 Å². The highest BCUT2D eigenvalue weighted by atomic mass is 19.1. The number of aliphatic hydroxyl groups is 3. The van der Waals surface area contributed by atoms with Crippen LogP contribution in [0.2, 0.25) is 0 Å². The van der Waals surface area contributed by atoms with Crippen molar-refractivity contribution in [3.05, 3.63) is 0 Å². The van der Waals surface area contributed by atoms with Crippen molar-refractivity contribution >= 4 is 5.71 Å². The minimum Gasteiger partial charge on any atom is -0.388 e. The van der Waals surface area contributed by atoms with Crippen LogP contribution < -0.4 is 0 Å². The standard InChI is InChI=1S/C6H10FNO3/c7-1-3-5(10)6(11)4(9)2-8-3/h4-6,9-11H,1-2H2/t4-,5+,6+/m0/s1. The van der Waals surface area contributed by atoms with Gasteiger partial charge in [0.15, 0.2) is 0 Å². The fraction of sp³-hybridized carbons (Fsp3) is 0.833. The molecule has 0 aromatic carbocycles. The summed E-state index contributed by atoms with van der Waals surface area (Å²) >= 11 is 0. The molecule has 0 bridgehead atoms. The lowest BCUT2D eigenvalue weighted by molar-refractivity contribution is -0.0366. The Morgan fingerprint density at radius 3 is 2.64 bits per heavy atom. The number of halogens is 1. The quantitative estimate of drug-likeness (QED) is 0.440. The molecule has 1 heterocycles. The van der Waals surface area contributed by atoms with E-state index in [4.69, 9.17) is 15.3 Å². The minimum absolute atomic E-state index is 0.0442. The van der Waals surface area contributed by atoms with Gasteiger partial charge in [-0.15, -0.1) is 0 Å². The minimum atomic E-state index is -1.36. The topological polar surface area (TPSA) is 73.0 Å². The van der Waals surface area contributed by atoms with Gasteiger partial charge < -0.3 is 15.3 Å². The Morgan fingerprint density at radius 2 is 2.09 bits per heavy atom. The van der Waals surface area contributed by atoms with Crippen molar-refractivity contribution in [3.8, 4) is 0 Å². The zero-order chi connectivity index (χ0) is 8.43. The highest BCUT2D eigenvalue weighted by molar-refractivity contribution is 5.90. The van der Waals surface area contributed by atoms with E-state index in [-0.39, 0.29) is 12.3 Å². The van der Waals surface area contributed by atoms with Crippen LogP contribution in [-0.4, -0.2) is 52.6 Å². The molecule has 0 aliphatic carbocycles. The normalized spacial score (nSPS) is 38.5. The smallest absolute Gasteiger partial charge is 0.130 e. The Kier molecular flexibility index (Phi) is 2.53. The summed E-state index contributed by atoms with van der Waals surface area (Å²) in [6.45, 7) is -0.928. The third-order valence-electron chi connectivity index (χ3n) is 1.68. The highest BCUT2D eigenvalue weighted by Gasteiger charge is 2.31. The molecule has 1 aliphatic heterocycles. The number of hydrogen-bond donors (Lipinski definition) is 3. The molecule has 0 fully saturated rings. The van der Waals surface area contributed by atoms with Crippen molar-refractivity contribution in [2.75, 3.05) is 13.2 Å². The van der Waals surface area contributed by atoms with E-state index in [1.54, 1.807) is 0 Å². The van der Waals surface area contributed by atoms with Crippen LogP contribution in [0.25, 0.3) is 0 Å². The lowest BCUT2D eigenvalue weighted by Gasteiger charge is -2.26. The molecule has 1 rings (SSSR count). The molecule has 0 aromatic rings. The van der Waals surface area contributed by atoms with Gasteiger partial charge in [0.05, 0.1) is 12.3 Å². The first kappa shape index (κ1) is 8.58. The molecule has 0 unspecified atom stereocenters. The summed E-state index contributed by atoms with van der Waals surface area (Å²) in [7, 11) is 0. The summed E-state index contributed by atoms with van der Waals surface area (Å²) < 4.78 is 11.9. The average Bonchev–Trinajstić information content (AvgIpc) is 2.01. The van der Waals surface area contributed by atoms with E-state index in [9.17, 15) is 4.39 Å². The fourth-order valence-electron chi connectivity index (χ4n) is 0.941. The van der Waals surface area contributed by atoms with Crippen LogP contribution in [0, 0.1) is 0 Å². The third kappa shape index (κ3) is 1.55. The van der Waals surface area contributed by atoms with E-state index in [0.717, 1.165) is 0 Å². The maximum absolute atomic E-state index is 11.9. The van der Waals surface area contributed by atoms with Crippen molar-refractivity contribution in [1.29, 1.82) is 0 Å². The number of rotatable bonds is 1. The second-order valence-corrected chi connectivity index (χ2v) is 2.47. The van der Waals surface area contributed by atoms with Gasteiger partial charge in [-0.1, -0.05) is 0 Å². The Morgan fingerprint density at radius 1 is 1.45 bits per heavy atom. The van der Waals surface area contributed by atoms with Gasteiger partial charge in [-0.05, 0) is 0 Å². The van der Waals surface area contributed by atoms with Gasteiger partial charge in [-0.3, -0.25) is 4.99 Å². The van der Waals surface area contributed by atoms with Crippen molar-refractivity contribution in [2.24, 2.45) is 4.99 Å². The van der Waals surface area contributed by atoms with Gasteiger partial charge in [-0.2, -0.15) is 0 Å². The molecule has 11 heavy (non-hydrogen) atoms. The largest absolute Gasteiger partial charge is 0.388 e. The molecule has 5 heteroatoms. The van der Waals surface area contributed by atoms with Gasteiger partial charge in [0.25, 0.3) is 0 Å². The predicted octanol–water partition coefficient (Wildman–Crippen LogP) is -1.51. The zero-order valence-electron chi connectivity index (χ0n) is 5.81. The van der Waals surface area contributed by atoms with Gasteiger partial charge >= 0.3 is 0 Å². The van der Waals surface area contributed by atoms with Crippen LogP contribution >= 0.6 is 0 Å². The van der Waals surface area contributed by atoms with E-state index < -0.39 is 25.0 Å². The first-order valence-electron chi connectivity index (χ1n) is 3.30. The molecular weight excluding hydrogens is 153 g/mol. The number of aliphatic hydroxyl groups excluding tert-OH is 3. The summed E-state index contributed by atoms with van der Waals surface area (Å²) in [5.74, 6) is 0. The number of aliphatic imine (C=N–C) groups is 1. The molecule has 0 amide bonds. The second kappa shape index (κ2) is 3.25. The Labute approximate surface area is 63.0 Å². The number of hydrogen-bond acceptors (Lipinski definition) is 4. The van der Waals surface area contributed by atoms with E-state index in [2.05, 4.69) is 4.99 Å². The number of nitrogens with zero attached hydrogens (tertiary/aromatic N) is 1. The maximum atomic E-state index is 11.9. The van der Waals surface area contributed by atoms with Crippen LogP contribution in [-0.2, 0) is 0 Å². The first-order chi connectivity index (χ1) is 5.16. The lowest BCUT2D eigenvalue weighted by Crippen LogP contribution is -2.48.